The van der Waals surface area contributed by atoms with Crippen molar-refractivity contribution in [3.63, 3.8) is 0 Å². The first kappa shape index (κ1) is 15.5. The molecule has 0 radical (unpaired) electrons. The van der Waals surface area contributed by atoms with Gasteiger partial charge in [0, 0.05) is 4.47 Å². The monoisotopic (exact) mass is 348 g/mol. The zero-order chi connectivity index (χ0) is 14.8. The summed E-state index contributed by atoms with van der Waals surface area (Å²) in [6, 6.07) is 3.26. The molecule has 1 atom stereocenters. The van der Waals surface area contributed by atoms with Gasteiger partial charge in [-0.1, -0.05) is 27.6 Å². The van der Waals surface area contributed by atoms with Crippen molar-refractivity contribution in [1.82, 2.24) is 5.43 Å². The molecule has 0 heterocycles. The van der Waals surface area contributed by atoms with Gasteiger partial charge in [-0.15, -0.1) is 0 Å². The highest BCUT2D eigenvalue weighted by molar-refractivity contribution is 9.10. The number of benzene rings is 1. The Bertz CT molecular complexity index is 512. The van der Waals surface area contributed by atoms with Gasteiger partial charge < -0.3 is 0 Å². The van der Waals surface area contributed by atoms with E-state index in [9.17, 15) is 13.2 Å². The average Bonchev–Trinajstić information content (AvgIpc) is 2.41. The molecule has 0 fully saturated rings. The Hall–Kier alpha value is -0.850. The zero-order valence-electron chi connectivity index (χ0n) is 10.8. The highest BCUT2D eigenvalue weighted by Crippen LogP contribution is 2.37. The topological polar surface area (TPSA) is 38.0 Å². The molecular weight excluding hydrogens is 333 g/mol. The third-order valence-corrected chi connectivity index (χ3v) is 4.22. The molecule has 1 aromatic rings. The van der Waals surface area contributed by atoms with Gasteiger partial charge in [-0.25, -0.2) is 5.43 Å². The molecule has 1 aliphatic rings. The summed E-state index contributed by atoms with van der Waals surface area (Å²) in [7, 11) is 0. The molecule has 2 rings (SSSR count). The highest BCUT2D eigenvalue weighted by Gasteiger charge is 2.32. The molecule has 1 aromatic carbocycles. The van der Waals surface area contributed by atoms with Crippen molar-refractivity contribution in [2.24, 2.45) is 5.84 Å². The van der Waals surface area contributed by atoms with Gasteiger partial charge in [-0.05, 0) is 49.4 Å². The highest BCUT2D eigenvalue weighted by atomic mass is 79.9. The van der Waals surface area contributed by atoms with Crippen molar-refractivity contribution >= 4 is 15.9 Å². The van der Waals surface area contributed by atoms with Crippen molar-refractivity contribution in [3.05, 3.63) is 45.4 Å². The van der Waals surface area contributed by atoms with Crippen LogP contribution in [0.25, 0.3) is 0 Å². The van der Waals surface area contributed by atoms with Gasteiger partial charge in [0.1, 0.15) is 0 Å². The Morgan fingerprint density at radius 2 is 2.00 bits per heavy atom. The second kappa shape index (κ2) is 6.28. The van der Waals surface area contributed by atoms with E-state index in [0.29, 0.717) is 10.0 Å². The maximum Gasteiger partial charge on any atom is 0.416 e. The van der Waals surface area contributed by atoms with Crippen LogP contribution in [0.1, 0.15) is 42.9 Å². The minimum absolute atomic E-state index is 0.382. The molecule has 0 saturated heterocycles. The lowest BCUT2D eigenvalue weighted by Gasteiger charge is -2.24. The van der Waals surface area contributed by atoms with E-state index in [4.69, 9.17) is 5.84 Å². The van der Waals surface area contributed by atoms with E-state index < -0.39 is 11.7 Å². The SMILES string of the molecule is NNC(C1=CCCCC1)c1cc(C(F)(F)F)ccc1Br. The maximum atomic E-state index is 12.8. The standard InChI is InChI=1S/C14H16BrF3N2/c15-12-7-6-10(14(16,17)18)8-11(12)13(20-19)9-4-2-1-3-5-9/h4,6-8,13,20H,1-3,5,19H2. The van der Waals surface area contributed by atoms with Crippen LogP contribution in [0.4, 0.5) is 13.2 Å². The molecule has 0 spiro atoms. The molecule has 0 saturated carbocycles. The van der Waals surface area contributed by atoms with E-state index in [2.05, 4.69) is 27.4 Å². The van der Waals surface area contributed by atoms with Crippen LogP contribution in [-0.4, -0.2) is 0 Å². The normalized spacial score (nSPS) is 17.8. The third kappa shape index (κ3) is 3.42. The molecule has 0 amide bonds. The van der Waals surface area contributed by atoms with E-state index in [0.717, 1.165) is 43.4 Å². The summed E-state index contributed by atoms with van der Waals surface area (Å²) in [5, 5.41) is 0. The minimum Gasteiger partial charge on any atom is -0.271 e. The summed E-state index contributed by atoms with van der Waals surface area (Å²) < 4.78 is 39.1. The number of rotatable bonds is 3. The predicted octanol–water partition coefficient (Wildman–Crippen LogP) is 4.47. The van der Waals surface area contributed by atoms with Crippen LogP contribution in [0.3, 0.4) is 0 Å². The number of nitrogens with two attached hydrogens (primary N) is 1. The summed E-state index contributed by atoms with van der Waals surface area (Å²) in [5.41, 5.74) is 3.56. The molecule has 2 nitrogen and oxygen atoms in total. The predicted molar refractivity (Wildman–Crippen MR) is 75.8 cm³/mol. The van der Waals surface area contributed by atoms with Gasteiger partial charge in [0.2, 0.25) is 0 Å². The number of hydrazine groups is 1. The fourth-order valence-corrected chi connectivity index (χ4v) is 2.94. The third-order valence-electron chi connectivity index (χ3n) is 3.50. The van der Waals surface area contributed by atoms with Gasteiger partial charge >= 0.3 is 6.18 Å². The lowest BCUT2D eigenvalue weighted by atomic mass is 9.89. The maximum absolute atomic E-state index is 12.8. The minimum atomic E-state index is -4.35. The average molecular weight is 349 g/mol. The fraction of sp³-hybridized carbons (Fsp3) is 0.429. The van der Waals surface area contributed by atoms with Crippen LogP contribution >= 0.6 is 15.9 Å². The lowest BCUT2D eigenvalue weighted by Crippen LogP contribution is -2.30. The summed E-state index contributed by atoms with van der Waals surface area (Å²) in [6.45, 7) is 0. The molecule has 20 heavy (non-hydrogen) atoms. The van der Waals surface area contributed by atoms with Crippen LogP contribution < -0.4 is 11.3 Å². The van der Waals surface area contributed by atoms with Gasteiger partial charge in [-0.2, -0.15) is 13.2 Å². The molecule has 0 aromatic heterocycles. The Balaban J connectivity index is 2.40. The summed E-state index contributed by atoms with van der Waals surface area (Å²) in [6.07, 6.45) is 1.68. The van der Waals surface area contributed by atoms with E-state index in [1.165, 1.54) is 6.07 Å². The van der Waals surface area contributed by atoms with E-state index in [1.54, 1.807) is 0 Å². The number of hydrogen-bond donors (Lipinski definition) is 2. The molecule has 0 bridgehead atoms. The fourth-order valence-electron chi connectivity index (χ4n) is 2.46. The first-order valence-electron chi connectivity index (χ1n) is 6.45. The van der Waals surface area contributed by atoms with Crippen LogP contribution in [0.5, 0.6) is 0 Å². The molecular formula is C14H16BrF3N2. The van der Waals surface area contributed by atoms with Gasteiger partial charge in [0.25, 0.3) is 0 Å². The van der Waals surface area contributed by atoms with Crippen molar-refractivity contribution in [2.75, 3.05) is 0 Å². The van der Waals surface area contributed by atoms with Crippen LogP contribution in [0.2, 0.25) is 0 Å². The number of alkyl halides is 3. The Labute approximate surface area is 124 Å². The van der Waals surface area contributed by atoms with Gasteiger partial charge in [0.15, 0.2) is 0 Å². The number of halogens is 4. The quantitative estimate of drug-likeness (QED) is 0.480. The smallest absolute Gasteiger partial charge is 0.271 e. The number of allylic oxidation sites excluding steroid dienone is 1. The second-order valence-corrected chi connectivity index (χ2v) is 5.71. The van der Waals surface area contributed by atoms with E-state index in [1.807, 2.05) is 0 Å². The summed E-state index contributed by atoms with van der Waals surface area (Å²) >= 11 is 3.32. The lowest BCUT2D eigenvalue weighted by molar-refractivity contribution is -0.137. The largest absolute Gasteiger partial charge is 0.416 e. The van der Waals surface area contributed by atoms with Crippen LogP contribution in [0.15, 0.2) is 34.3 Å². The molecule has 6 heteroatoms. The van der Waals surface area contributed by atoms with Crippen LogP contribution in [0, 0.1) is 0 Å². The van der Waals surface area contributed by atoms with Crippen molar-refractivity contribution < 1.29 is 13.2 Å². The Morgan fingerprint density at radius 3 is 2.55 bits per heavy atom. The molecule has 1 unspecified atom stereocenters. The van der Waals surface area contributed by atoms with Crippen molar-refractivity contribution in [3.8, 4) is 0 Å². The first-order valence-corrected chi connectivity index (χ1v) is 7.24. The van der Waals surface area contributed by atoms with Gasteiger partial charge in [0.05, 0.1) is 11.6 Å². The Morgan fingerprint density at radius 1 is 1.25 bits per heavy atom. The molecule has 0 aliphatic heterocycles. The summed E-state index contributed by atoms with van der Waals surface area (Å²) in [5.74, 6) is 5.57. The van der Waals surface area contributed by atoms with Crippen LogP contribution in [-0.2, 0) is 6.18 Å². The number of nitrogens with one attached hydrogen (secondary N) is 1. The molecule has 3 N–H and O–H groups in total. The van der Waals surface area contributed by atoms with Gasteiger partial charge in [-0.3, -0.25) is 5.84 Å². The molecule has 110 valence electrons. The number of hydrogen-bond acceptors (Lipinski definition) is 2. The van der Waals surface area contributed by atoms with E-state index in [-0.39, 0.29) is 6.04 Å². The Kier molecular flexibility index (Phi) is 4.88. The van der Waals surface area contributed by atoms with Crippen molar-refractivity contribution in [1.29, 1.82) is 0 Å². The second-order valence-electron chi connectivity index (χ2n) is 4.86. The van der Waals surface area contributed by atoms with E-state index >= 15 is 0 Å². The summed E-state index contributed by atoms with van der Waals surface area (Å²) in [4.78, 5) is 0. The zero-order valence-corrected chi connectivity index (χ0v) is 12.4. The first-order chi connectivity index (χ1) is 9.43. The van der Waals surface area contributed by atoms with Crippen molar-refractivity contribution in [2.45, 2.75) is 37.9 Å². The molecule has 1 aliphatic carbocycles.